The van der Waals surface area contributed by atoms with Gasteiger partial charge in [0, 0.05) is 23.9 Å². The molecule has 3 rings (SSSR count). The maximum Gasteiger partial charge on any atom is 0.237 e. The van der Waals surface area contributed by atoms with Crippen molar-refractivity contribution in [1.82, 2.24) is 14.7 Å². The number of aryl methyl sites for hydroxylation is 1. The molecule has 0 radical (unpaired) electrons. The number of carbonyl (C=O) groups excluding carboxylic acids is 1. The van der Waals surface area contributed by atoms with Crippen LogP contribution in [0.5, 0.6) is 0 Å². The van der Waals surface area contributed by atoms with Gasteiger partial charge < -0.3 is 4.52 Å². The summed E-state index contributed by atoms with van der Waals surface area (Å²) in [5.41, 5.74) is 4.15. The van der Waals surface area contributed by atoms with Crippen LogP contribution in [0.2, 0.25) is 0 Å². The summed E-state index contributed by atoms with van der Waals surface area (Å²) in [4.78, 5) is 16.7. The standard InChI is InChI=1S/C20H24N4O2S/c1-13-7-6-8-15(14(13)2)24-10-9-21-19(24)27-12-17(25)22-18-11-16(23-26-18)20(3,4)5/h6-11H,12H2,1-5H3,(H,22,25). The zero-order chi connectivity index (χ0) is 19.6. The molecule has 0 saturated carbocycles. The monoisotopic (exact) mass is 384 g/mol. The molecule has 0 aliphatic carbocycles. The largest absolute Gasteiger partial charge is 0.338 e. The third-order valence-corrected chi connectivity index (χ3v) is 5.28. The summed E-state index contributed by atoms with van der Waals surface area (Å²) < 4.78 is 7.22. The molecule has 0 bridgehead atoms. The number of thioether (sulfide) groups is 1. The normalized spacial score (nSPS) is 11.6. The highest BCUT2D eigenvalue weighted by molar-refractivity contribution is 7.99. The zero-order valence-electron chi connectivity index (χ0n) is 16.2. The summed E-state index contributed by atoms with van der Waals surface area (Å²) in [5.74, 6) is 0.434. The molecule has 6 nitrogen and oxygen atoms in total. The maximum absolute atomic E-state index is 12.3. The Morgan fingerprint density at radius 2 is 2.07 bits per heavy atom. The molecule has 0 aliphatic heterocycles. The van der Waals surface area contributed by atoms with Crippen LogP contribution in [0, 0.1) is 13.8 Å². The van der Waals surface area contributed by atoms with Crippen molar-refractivity contribution in [3.63, 3.8) is 0 Å². The summed E-state index contributed by atoms with van der Waals surface area (Å²) in [6.07, 6.45) is 3.65. The molecule has 3 aromatic rings. The number of hydrogen-bond donors (Lipinski definition) is 1. The Morgan fingerprint density at radius 3 is 2.78 bits per heavy atom. The molecule has 1 aromatic carbocycles. The Balaban J connectivity index is 1.66. The zero-order valence-corrected chi connectivity index (χ0v) is 17.1. The van der Waals surface area contributed by atoms with E-state index in [9.17, 15) is 4.79 Å². The molecule has 0 unspecified atom stereocenters. The van der Waals surface area contributed by atoms with E-state index in [0.29, 0.717) is 5.88 Å². The molecule has 1 amide bonds. The predicted molar refractivity (Wildman–Crippen MR) is 108 cm³/mol. The van der Waals surface area contributed by atoms with Crippen LogP contribution >= 0.6 is 11.8 Å². The van der Waals surface area contributed by atoms with Crippen molar-refractivity contribution < 1.29 is 9.32 Å². The van der Waals surface area contributed by atoms with Crippen LogP contribution in [0.3, 0.4) is 0 Å². The average Bonchev–Trinajstić information content (AvgIpc) is 3.24. The van der Waals surface area contributed by atoms with E-state index in [1.54, 1.807) is 12.3 Å². The first-order valence-corrected chi connectivity index (χ1v) is 9.74. The lowest BCUT2D eigenvalue weighted by atomic mass is 9.92. The fourth-order valence-electron chi connectivity index (χ4n) is 2.57. The van der Waals surface area contributed by atoms with E-state index in [1.807, 2.05) is 37.6 Å². The molecule has 0 spiro atoms. The topological polar surface area (TPSA) is 73.0 Å². The molecule has 0 saturated heterocycles. The number of hydrogen-bond acceptors (Lipinski definition) is 5. The minimum absolute atomic E-state index is 0.127. The first kappa shape index (κ1) is 19.2. The predicted octanol–water partition coefficient (Wildman–Crippen LogP) is 4.51. The third-order valence-electron chi connectivity index (χ3n) is 4.32. The SMILES string of the molecule is Cc1cccc(-n2ccnc2SCC(=O)Nc2cc(C(C)(C)C)no2)c1C. The smallest absolute Gasteiger partial charge is 0.237 e. The Kier molecular flexibility index (Phi) is 5.41. The van der Waals surface area contributed by atoms with Crippen molar-refractivity contribution in [3.05, 3.63) is 53.5 Å². The maximum atomic E-state index is 12.3. The van der Waals surface area contributed by atoms with E-state index in [0.717, 1.165) is 16.5 Å². The second-order valence-corrected chi connectivity index (χ2v) is 8.40. The van der Waals surface area contributed by atoms with E-state index < -0.39 is 0 Å². The van der Waals surface area contributed by atoms with Crippen molar-refractivity contribution in [2.45, 2.75) is 45.2 Å². The lowest BCUT2D eigenvalue weighted by Gasteiger charge is -2.12. The van der Waals surface area contributed by atoms with Gasteiger partial charge in [-0.25, -0.2) is 4.98 Å². The highest BCUT2D eigenvalue weighted by Crippen LogP contribution is 2.26. The fraction of sp³-hybridized carbons (Fsp3) is 0.350. The number of anilines is 1. The fourth-order valence-corrected chi connectivity index (χ4v) is 3.33. The average molecular weight is 385 g/mol. The molecule has 142 valence electrons. The van der Waals surface area contributed by atoms with E-state index in [4.69, 9.17) is 4.52 Å². The first-order valence-electron chi connectivity index (χ1n) is 8.75. The van der Waals surface area contributed by atoms with Gasteiger partial charge in [0.15, 0.2) is 5.16 Å². The Bertz CT molecular complexity index is 953. The van der Waals surface area contributed by atoms with Crippen LogP contribution in [0.15, 0.2) is 46.3 Å². The third kappa shape index (κ3) is 4.42. The van der Waals surface area contributed by atoms with Crippen LogP contribution < -0.4 is 5.32 Å². The van der Waals surface area contributed by atoms with Crippen molar-refractivity contribution in [2.24, 2.45) is 0 Å². The lowest BCUT2D eigenvalue weighted by Crippen LogP contribution is -2.14. The number of imidazole rings is 1. The minimum Gasteiger partial charge on any atom is -0.338 e. The number of rotatable bonds is 5. The molecule has 1 N–H and O–H groups in total. The molecular weight excluding hydrogens is 360 g/mol. The molecular formula is C20H24N4O2S. The quantitative estimate of drug-likeness (QED) is 0.656. The minimum atomic E-state index is -0.160. The molecule has 7 heteroatoms. The highest BCUT2D eigenvalue weighted by Gasteiger charge is 2.20. The van der Waals surface area contributed by atoms with Gasteiger partial charge in [-0.2, -0.15) is 0 Å². The lowest BCUT2D eigenvalue weighted by molar-refractivity contribution is -0.113. The van der Waals surface area contributed by atoms with Crippen LogP contribution in [-0.4, -0.2) is 26.4 Å². The van der Waals surface area contributed by atoms with Crippen LogP contribution in [0.25, 0.3) is 5.69 Å². The van der Waals surface area contributed by atoms with Crippen LogP contribution in [-0.2, 0) is 10.2 Å². The first-order chi connectivity index (χ1) is 12.8. The van der Waals surface area contributed by atoms with Crippen molar-refractivity contribution in [3.8, 4) is 5.69 Å². The number of nitrogens with one attached hydrogen (secondary N) is 1. The van der Waals surface area contributed by atoms with Crippen molar-refractivity contribution in [2.75, 3.05) is 11.1 Å². The van der Waals surface area contributed by atoms with Gasteiger partial charge in [-0.15, -0.1) is 0 Å². The molecule has 2 aromatic heterocycles. The summed E-state index contributed by atoms with van der Waals surface area (Å²) in [5, 5.41) is 7.53. The number of nitrogens with zero attached hydrogens (tertiary/aromatic N) is 3. The number of benzene rings is 1. The van der Waals surface area contributed by atoms with Gasteiger partial charge in [-0.1, -0.05) is 49.8 Å². The highest BCUT2D eigenvalue weighted by atomic mass is 32.2. The second-order valence-electron chi connectivity index (χ2n) is 7.46. The second kappa shape index (κ2) is 7.60. The van der Waals surface area contributed by atoms with Gasteiger partial charge in [-0.05, 0) is 31.0 Å². The van der Waals surface area contributed by atoms with Gasteiger partial charge in [0.25, 0.3) is 0 Å². The number of aromatic nitrogens is 3. The van der Waals surface area contributed by atoms with Crippen LogP contribution in [0.1, 0.15) is 37.6 Å². The molecule has 0 aliphatic rings. The molecule has 2 heterocycles. The van der Waals surface area contributed by atoms with Crippen LogP contribution in [0.4, 0.5) is 5.88 Å². The molecule has 27 heavy (non-hydrogen) atoms. The van der Waals surface area contributed by atoms with Gasteiger partial charge in [0.2, 0.25) is 11.8 Å². The Morgan fingerprint density at radius 1 is 1.30 bits per heavy atom. The van der Waals surface area contributed by atoms with Gasteiger partial charge in [0.05, 0.1) is 17.1 Å². The molecule has 0 atom stereocenters. The summed E-state index contributed by atoms with van der Waals surface area (Å²) in [6, 6.07) is 7.92. The van der Waals surface area contributed by atoms with E-state index in [1.165, 1.54) is 22.9 Å². The Hall–Kier alpha value is -2.54. The van der Waals surface area contributed by atoms with Gasteiger partial charge in [-0.3, -0.25) is 14.7 Å². The Labute approximate surface area is 163 Å². The summed E-state index contributed by atoms with van der Waals surface area (Å²) in [6.45, 7) is 10.3. The number of amides is 1. The summed E-state index contributed by atoms with van der Waals surface area (Å²) >= 11 is 1.38. The van der Waals surface area contributed by atoms with Gasteiger partial charge in [0.1, 0.15) is 0 Å². The van der Waals surface area contributed by atoms with E-state index in [2.05, 4.69) is 41.4 Å². The molecule has 0 fully saturated rings. The number of carbonyl (C=O) groups is 1. The summed E-state index contributed by atoms with van der Waals surface area (Å²) in [7, 11) is 0. The van der Waals surface area contributed by atoms with Gasteiger partial charge >= 0.3 is 0 Å². The van der Waals surface area contributed by atoms with Crippen molar-refractivity contribution >= 4 is 23.6 Å². The van der Waals surface area contributed by atoms with E-state index in [-0.39, 0.29) is 17.1 Å². The van der Waals surface area contributed by atoms with E-state index >= 15 is 0 Å². The van der Waals surface area contributed by atoms with Crippen molar-refractivity contribution in [1.29, 1.82) is 0 Å².